The number of benzene rings is 1. The molecule has 130 valence electrons. The van der Waals surface area contributed by atoms with Crippen LogP contribution in [0.15, 0.2) is 29.2 Å². The Morgan fingerprint density at radius 2 is 1.75 bits per heavy atom. The molecule has 1 aliphatic heterocycles. The fourth-order valence-corrected chi connectivity index (χ4v) is 4.02. The predicted octanol–water partition coefficient (Wildman–Crippen LogP) is 1.37. The highest BCUT2D eigenvalue weighted by atomic mass is 32.2. The minimum absolute atomic E-state index is 0.0140. The molecule has 24 heavy (non-hydrogen) atoms. The number of rotatable bonds is 2. The molecule has 0 radical (unpaired) electrons. The van der Waals surface area contributed by atoms with E-state index in [9.17, 15) is 13.2 Å². The molecule has 0 aromatic heterocycles. The first-order chi connectivity index (χ1) is 11.1. The van der Waals surface area contributed by atoms with Crippen molar-refractivity contribution in [3.63, 3.8) is 0 Å². The van der Waals surface area contributed by atoms with E-state index in [1.165, 1.54) is 16.4 Å². The fourth-order valence-electron chi connectivity index (χ4n) is 2.45. The van der Waals surface area contributed by atoms with E-state index in [-0.39, 0.29) is 35.1 Å². The maximum absolute atomic E-state index is 12.7. The Bertz CT molecular complexity index is 754. The van der Waals surface area contributed by atoms with Crippen LogP contribution in [0.5, 0.6) is 0 Å². The number of hydrogen-bond acceptors (Lipinski definition) is 4. The lowest BCUT2D eigenvalue weighted by Crippen LogP contribution is -2.55. The molecule has 1 aliphatic rings. The third-order valence-corrected chi connectivity index (χ3v) is 5.59. The molecular formula is C16H22N4O3S. The highest BCUT2D eigenvalue weighted by Crippen LogP contribution is 2.21. The molecule has 2 rings (SSSR count). The Labute approximate surface area is 142 Å². The van der Waals surface area contributed by atoms with Crippen LogP contribution in [0, 0.1) is 11.3 Å². The molecular weight excluding hydrogens is 328 g/mol. The minimum atomic E-state index is -3.74. The van der Waals surface area contributed by atoms with Crippen LogP contribution in [-0.2, 0) is 10.0 Å². The van der Waals surface area contributed by atoms with E-state index in [2.05, 4.69) is 5.32 Å². The second-order valence-electron chi connectivity index (χ2n) is 6.68. The van der Waals surface area contributed by atoms with E-state index < -0.39 is 10.0 Å². The first-order valence-electron chi connectivity index (χ1n) is 7.71. The summed E-state index contributed by atoms with van der Waals surface area (Å²) in [6, 6.07) is 7.87. The summed E-state index contributed by atoms with van der Waals surface area (Å²) in [7, 11) is -3.74. The van der Waals surface area contributed by atoms with Crippen LogP contribution in [-0.4, -0.2) is 55.4 Å². The van der Waals surface area contributed by atoms with E-state index in [0.717, 1.165) is 0 Å². The van der Waals surface area contributed by atoms with Crippen LogP contribution in [0.4, 0.5) is 4.79 Å². The van der Waals surface area contributed by atoms with Gasteiger partial charge in [-0.25, -0.2) is 13.2 Å². The Morgan fingerprint density at radius 1 is 1.17 bits per heavy atom. The summed E-state index contributed by atoms with van der Waals surface area (Å²) in [5.41, 5.74) is -0.211. The van der Waals surface area contributed by atoms with Crippen molar-refractivity contribution in [2.24, 2.45) is 0 Å². The highest BCUT2D eigenvalue weighted by molar-refractivity contribution is 7.89. The van der Waals surface area contributed by atoms with Gasteiger partial charge in [-0.15, -0.1) is 0 Å². The van der Waals surface area contributed by atoms with Crippen molar-refractivity contribution in [1.29, 1.82) is 5.26 Å². The van der Waals surface area contributed by atoms with Crippen molar-refractivity contribution < 1.29 is 13.2 Å². The van der Waals surface area contributed by atoms with Crippen molar-refractivity contribution in [2.75, 3.05) is 26.2 Å². The largest absolute Gasteiger partial charge is 0.333 e. The van der Waals surface area contributed by atoms with Crippen molar-refractivity contribution >= 4 is 16.1 Å². The van der Waals surface area contributed by atoms with Crippen molar-refractivity contribution in [3.05, 3.63) is 29.8 Å². The molecule has 0 spiro atoms. The number of nitriles is 1. The molecule has 1 aromatic carbocycles. The molecule has 1 fully saturated rings. The van der Waals surface area contributed by atoms with Gasteiger partial charge in [0.05, 0.1) is 10.5 Å². The van der Waals surface area contributed by atoms with Crippen LogP contribution in [0.1, 0.15) is 26.3 Å². The summed E-state index contributed by atoms with van der Waals surface area (Å²) >= 11 is 0. The first-order valence-corrected chi connectivity index (χ1v) is 9.15. The van der Waals surface area contributed by atoms with Gasteiger partial charge in [-0.1, -0.05) is 12.1 Å². The van der Waals surface area contributed by atoms with Gasteiger partial charge in [-0.2, -0.15) is 9.57 Å². The standard InChI is InChI=1S/C16H22N4O3S/c1-16(2,3)18-15(21)19-8-10-20(11-9-19)24(22,23)14-7-5-4-6-13(14)12-17/h4-7H,8-11H2,1-3H3,(H,18,21). The smallest absolute Gasteiger partial charge is 0.317 e. The summed E-state index contributed by atoms with van der Waals surface area (Å²) in [6.45, 7) is 6.73. The highest BCUT2D eigenvalue weighted by Gasteiger charge is 2.32. The lowest BCUT2D eigenvalue weighted by molar-refractivity contribution is 0.165. The number of nitrogens with zero attached hydrogens (tertiary/aromatic N) is 3. The van der Waals surface area contributed by atoms with Gasteiger partial charge in [0, 0.05) is 31.7 Å². The van der Waals surface area contributed by atoms with E-state index in [0.29, 0.717) is 13.1 Å². The monoisotopic (exact) mass is 350 g/mol. The second-order valence-corrected chi connectivity index (χ2v) is 8.59. The maximum atomic E-state index is 12.7. The molecule has 0 unspecified atom stereocenters. The third-order valence-electron chi connectivity index (χ3n) is 3.63. The van der Waals surface area contributed by atoms with Gasteiger partial charge in [0.15, 0.2) is 0 Å². The van der Waals surface area contributed by atoms with Gasteiger partial charge in [-0.05, 0) is 32.9 Å². The number of hydrogen-bond donors (Lipinski definition) is 1. The SMILES string of the molecule is CC(C)(C)NC(=O)N1CCN(S(=O)(=O)c2ccccc2C#N)CC1. The summed E-state index contributed by atoms with van der Waals surface area (Å²) in [4.78, 5) is 13.8. The molecule has 1 saturated heterocycles. The van der Waals surface area contributed by atoms with Crippen molar-refractivity contribution in [2.45, 2.75) is 31.2 Å². The number of sulfonamides is 1. The Kier molecular flexibility index (Phi) is 5.16. The lowest BCUT2D eigenvalue weighted by Gasteiger charge is -2.35. The average Bonchev–Trinajstić information content (AvgIpc) is 2.53. The van der Waals surface area contributed by atoms with Crippen LogP contribution < -0.4 is 5.32 Å². The molecule has 1 heterocycles. The normalized spacial score (nSPS) is 16.5. The van der Waals surface area contributed by atoms with Gasteiger partial charge in [0.2, 0.25) is 10.0 Å². The summed E-state index contributed by atoms with van der Waals surface area (Å²) < 4.78 is 26.8. The number of carbonyl (C=O) groups excluding carboxylic acids is 1. The summed E-state index contributed by atoms with van der Waals surface area (Å²) in [6.07, 6.45) is 0. The zero-order chi connectivity index (χ0) is 18.0. The predicted molar refractivity (Wildman–Crippen MR) is 89.8 cm³/mol. The molecule has 0 saturated carbocycles. The Hall–Kier alpha value is -2.11. The molecule has 1 aromatic rings. The maximum Gasteiger partial charge on any atom is 0.317 e. The van der Waals surface area contributed by atoms with E-state index in [1.807, 2.05) is 26.8 Å². The number of urea groups is 1. The van der Waals surface area contributed by atoms with Gasteiger partial charge < -0.3 is 10.2 Å². The van der Waals surface area contributed by atoms with Crippen molar-refractivity contribution in [3.8, 4) is 6.07 Å². The zero-order valence-electron chi connectivity index (χ0n) is 14.1. The van der Waals surface area contributed by atoms with Gasteiger partial charge >= 0.3 is 6.03 Å². The van der Waals surface area contributed by atoms with Crippen LogP contribution in [0.25, 0.3) is 0 Å². The molecule has 1 N–H and O–H groups in total. The zero-order valence-corrected chi connectivity index (χ0v) is 14.9. The number of nitrogens with one attached hydrogen (secondary N) is 1. The van der Waals surface area contributed by atoms with Crippen LogP contribution in [0.3, 0.4) is 0 Å². The second kappa shape index (κ2) is 6.79. The molecule has 0 atom stereocenters. The quantitative estimate of drug-likeness (QED) is 0.872. The molecule has 2 amide bonds. The lowest BCUT2D eigenvalue weighted by atomic mass is 10.1. The van der Waals surface area contributed by atoms with Gasteiger partial charge in [-0.3, -0.25) is 0 Å². The molecule has 0 aliphatic carbocycles. The minimum Gasteiger partial charge on any atom is -0.333 e. The van der Waals surface area contributed by atoms with Gasteiger partial charge in [0.25, 0.3) is 0 Å². The van der Waals surface area contributed by atoms with Crippen molar-refractivity contribution in [1.82, 2.24) is 14.5 Å². The van der Waals surface area contributed by atoms with E-state index >= 15 is 0 Å². The topological polar surface area (TPSA) is 93.5 Å². The molecule has 7 nitrogen and oxygen atoms in total. The average molecular weight is 350 g/mol. The Morgan fingerprint density at radius 3 is 2.29 bits per heavy atom. The summed E-state index contributed by atoms with van der Waals surface area (Å²) in [5.74, 6) is 0. The third kappa shape index (κ3) is 4.04. The number of amides is 2. The molecule has 8 heteroatoms. The van der Waals surface area contributed by atoms with Crippen LogP contribution in [0.2, 0.25) is 0 Å². The Balaban J connectivity index is 2.09. The van der Waals surface area contributed by atoms with Crippen LogP contribution >= 0.6 is 0 Å². The molecule has 0 bridgehead atoms. The van der Waals surface area contributed by atoms with E-state index in [1.54, 1.807) is 17.0 Å². The first kappa shape index (κ1) is 18.2. The van der Waals surface area contributed by atoms with Gasteiger partial charge in [0.1, 0.15) is 6.07 Å². The summed E-state index contributed by atoms with van der Waals surface area (Å²) in [5, 5.41) is 12.0. The fraction of sp³-hybridized carbons (Fsp3) is 0.500. The van der Waals surface area contributed by atoms with E-state index in [4.69, 9.17) is 5.26 Å². The number of piperazine rings is 1. The number of carbonyl (C=O) groups is 1.